The van der Waals surface area contributed by atoms with Crippen LogP contribution in [0, 0.1) is 0 Å². The molecule has 0 bridgehead atoms. The molecule has 1 aliphatic heterocycles. The normalized spacial score (nSPS) is 20.9. The molecule has 0 spiro atoms. The van der Waals surface area contributed by atoms with Gasteiger partial charge in [-0.15, -0.1) is 11.3 Å². The van der Waals surface area contributed by atoms with Gasteiger partial charge >= 0.3 is 6.03 Å². The minimum absolute atomic E-state index is 0.163. The Morgan fingerprint density at radius 1 is 1.17 bits per heavy atom. The molecule has 0 radical (unpaired) electrons. The molecular formula is C22H28N4O2S2. The van der Waals surface area contributed by atoms with Crippen molar-refractivity contribution >= 4 is 39.7 Å². The van der Waals surface area contributed by atoms with Crippen LogP contribution in [0.4, 0.5) is 9.93 Å². The van der Waals surface area contributed by atoms with Crippen molar-refractivity contribution in [3.05, 3.63) is 33.0 Å². The fourth-order valence-corrected chi connectivity index (χ4v) is 7.21. The van der Waals surface area contributed by atoms with Gasteiger partial charge in [0.1, 0.15) is 0 Å². The van der Waals surface area contributed by atoms with Gasteiger partial charge in [0.15, 0.2) is 5.13 Å². The molecule has 8 heteroatoms. The summed E-state index contributed by atoms with van der Waals surface area (Å²) in [5, 5.41) is 8.67. The third-order valence-electron chi connectivity index (χ3n) is 6.79. The lowest BCUT2D eigenvalue weighted by Crippen LogP contribution is -2.46. The Morgan fingerprint density at radius 3 is 2.70 bits per heavy atom. The van der Waals surface area contributed by atoms with Gasteiger partial charge in [0.25, 0.3) is 0 Å². The summed E-state index contributed by atoms with van der Waals surface area (Å²) in [6.45, 7) is 1.31. The lowest BCUT2D eigenvalue weighted by Gasteiger charge is -2.35. The van der Waals surface area contributed by atoms with Crippen molar-refractivity contribution in [3.63, 3.8) is 0 Å². The second kappa shape index (κ2) is 8.30. The van der Waals surface area contributed by atoms with E-state index in [1.54, 1.807) is 11.3 Å². The van der Waals surface area contributed by atoms with E-state index in [2.05, 4.69) is 33.1 Å². The molecule has 30 heavy (non-hydrogen) atoms. The molecular weight excluding hydrogens is 416 g/mol. The predicted octanol–water partition coefficient (Wildman–Crippen LogP) is 4.67. The lowest BCUT2D eigenvalue weighted by molar-refractivity contribution is -0.138. The zero-order chi connectivity index (χ0) is 20.6. The topological polar surface area (TPSA) is 74.3 Å². The minimum Gasteiger partial charge on any atom is -0.336 e. The largest absolute Gasteiger partial charge is 0.336 e. The van der Waals surface area contributed by atoms with E-state index in [0.717, 1.165) is 55.5 Å². The van der Waals surface area contributed by atoms with E-state index in [1.807, 2.05) is 4.90 Å². The van der Waals surface area contributed by atoms with E-state index < -0.39 is 0 Å². The van der Waals surface area contributed by atoms with Crippen LogP contribution >= 0.6 is 22.7 Å². The first kappa shape index (κ1) is 20.0. The molecule has 2 saturated carbocycles. The first-order valence-corrected chi connectivity index (χ1v) is 12.7. The van der Waals surface area contributed by atoms with Crippen molar-refractivity contribution in [2.45, 2.75) is 75.8 Å². The van der Waals surface area contributed by atoms with Crippen LogP contribution in [-0.4, -0.2) is 34.4 Å². The van der Waals surface area contributed by atoms with Crippen molar-refractivity contribution < 1.29 is 9.59 Å². The number of carbonyl (C=O) groups is 2. The number of anilines is 1. The number of thiazole rings is 1. The number of hydrogen-bond acceptors (Lipinski definition) is 5. The predicted molar refractivity (Wildman–Crippen MR) is 120 cm³/mol. The van der Waals surface area contributed by atoms with Crippen LogP contribution in [0.1, 0.15) is 66.8 Å². The molecule has 3 aliphatic rings. The number of amides is 3. The Morgan fingerprint density at radius 2 is 1.97 bits per heavy atom. The molecule has 2 fully saturated rings. The molecule has 6 nitrogen and oxygen atoms in total. The van der Waals surface area contributed by atoms with Gasteiger partial charge in [-0.2, -0.15) is 0 Å². The van der Waals surface area contributed by atoms with Gasteiger partial charge in [-0.3, -0.25) is 10.1 Å². The van der Waals surface area contributed by atoms with Crippen molar-refractivity contribution in [1.29, 1.82) is 0 Å². The summed E-state index contributed by atoms with van der Waals surface area (Å²) < 4.78 is 0. The average Bonchev–Trinajstić information content (AvgIpc) is 3.53. The first-order chi connectivity index (χ1) is 14.6. The average molecular weight is 445 g/mol. The van der Waals surface area contributed by atoms with Crippen molar-refractivity contribution in [1.82, 2.24) is 15.2 Å². The third kappa shape index (κ3) is 3.75. The fraction of sp³-hybridized carbons (Fsp3) is 0.591. The number of hydrogen-bond donors (Lipinski definition) is 2. The van der Waals surface area contributed by atoms with Crippen LogP contribution in [0.3, 0.4) is 0 Å². The summed E-state index contributed by atoms with van der Waals surface area (Å²) >= 11 is 3.22. The quantitative estimate of drug-likeness (QED) is 0.720. The summed E-state index contributed by atoms with van der Waals surface area (Å²) in [5.41, 5.74) is 0.690. The number of thiophene rings is 1. The van der Waals surface area contributed by atoms with Crippen LogP contribution in [0.5, 0.6) is 0 Å². The van der Waals surface area contributed by atoms with E-state index in [9.17, 15) is 9.59 Å². The first-order valence-electron chi connectivity index (χ1n) is 11.0. The van der Waals surface area contributed by atoms with Gasteiger partial charge in [0, 0.05) is 28.8 Å². The maximum absolute atomic E-state index is 13.6. The summed E-state index contributed by atoms with van der Waals surface area (Å²) in [4.78, 5) is 34.9. The molecule has 3 heterocycles. The zero-order valence-corrected chi connectivity index (χ0v) is 18.7. The van der Waals surface area contributed by atoms with Crippen LogP contribution < -0.4 is 10.6 Å². The Bertz CT molecular complexity index is 912. The van der Waals surface area contributed by atoms with E-state index in [0.29, 0.717) is 18.2 Å². The smallest absolute Gasteiger partial charge is 0.321 e. The number of rotatable bonds is 4. The van der Waals surface area contributed by atoms with Crippen LogP contribution in [0.15, 0.2) is 17.5 Å². The van der Waals surface area contributed by atoms with Gasteiger partial charge < -0.3 is 10.2 Å². The van der Waals surface area contributed by atoms with Gasteiger partial charge in [-0.25, -0.2) is 9.78 Å². The highest BCUT2D eigenvalue weighted by molar-refractivity contribution is 7.15. The second-order valence-electron chi connectivity index (χ2n) is 8.71. The lowest BCUT2D eigenvalue weighted by atomic mass is 9.82. The highest BCUT2D eigenvalue weighted by atomic mass is 32.1. The van der Waals surface area contributed by atoms with Crippen molar-refractivity contribution in [3.8, 4) is 0 Å². The molecule has 0 unspecified atom stereocenters. The van der Waals surface area contributed by atoms with Crippen LogP contribution in [0.25, 0.3) is 0 Å². The molecule has 2 aromatic rings. The number of aromatic nitrogens is 1. The van der Waals surface area contributed by atoms with E-state index in [1.165, 1.54) is 29.1 Å². The monoisotopic (exact) mass is 444 g/mol. The number of urea groups is 1. The second-order valence-corrected chi connectivity index (χ2v) is 10.7. The number of nitrogens with zero attached hydrogens (tertiary/aromatic N) is 2. The summed E-state index contributed by atoms with van der Waals surface area (Å²) in [6.07, 6.45) is 9.39. The van der Waals surface area contributed by atoms with Gasteiger partial charge in [-0.05, 0) is 37.1 Å². The number of nitrogens with one attached hydrogen (secondary N) is 2. The van der Waals surface area contributed by atoms with E-state index >= 15 is 0 Å². The molecule has 2 aromatic heterocycles. The molecule has 0 atom stereocenters. The van der Waals surface area contributed by atoms with Crippen molar-refractivity contribution in [2.75, 3.05) is 11.9 Å². The van der Waals surface area contributed by atoms with Crippen LogP contribution in [-0.2, 0) is 23.2 Å². The molecule has 160 valence electrons. The highest BCUT2D eigenvalue weighted by Crippen LogP contribution is 2.45. The Balaban J connectivity index is 1.27. The Labute approximate surface area is 185 Å². The molecule has 3 amide bonds. The number of fused-ring (bicyclic) bond motifs is 1. The van der Waals surface area contributed by atoms with Gasteiger partial charge in [-0.1, -0.05) is 43.1 Å². The molecule has 2 aliphatic carbocycles. The highest BCUT2D eigenvalue weighted by Gasteiger charge is 2.46. The third-order valence-corrected chi connectivity index (χ3v) is 8.86. The fourth-order valence-electron chi connectivity index (χ4n) is 5.21. The minimum atomic E-state index is -0.335. The molecule has 5 rings (SSSR count). The summed E-state index contributed by atoms with van der Waals surface area (Å²) in [7, 11) is 0. The summed E-state index contributed by atoms with van der Waals surface area (Å²) in [6, 6.07) is 4.30. The Hall–Kier alpha value is -1.93. The standard InChI is InChI=1S/C22H28N4O2S2/c27-19(22(10-3-4-11-22)18-8-5-13-29-18)26-12-9-16-17(14-26)30-21(24-16)25-20(28)23-15-6-1-2-7-15/h5,8,13,15H,1-4,6-7,9-12,14H2,(H2,23,24,25,28). The van der Waals surface area contributed by atoms with E-state index in [4.69, 9.17) is 0 Å². The van der Waals surface area contributed by atoms with E-state index in [-0.39, 0.29) is 23.4 Å². The van der Waals surface area contributed by atoms with Gasteiger partial charge in [0.2, 0.25) is 5.91 Å². The maximum Gasteiger partial charge on any atom is 0.321 e. The SMILES string of the molecule is O=C(Nc1nc2c(s1)CN(C(=O)C1(c3cccs3)CCCC1)CC2)NC1CCCC1. The molecule has 2 N–H and O–H groups in total. The van der Waals surface area contributed by atoms with Crippen LogP contribution in [0.2, 0.25) is 0 Å². The maximum atomic E-state index is 13.6. The summed E-state index contributed by atoms with van der Waals surface area (Å²) in [5.74, 6) is 0.273. The van der Waals surface area contributed by atoms with Gasteiger partial charge in [0.05, 0.1) is 17.7 Å². The van der Waals surface area contributed by atoms with Crippen molar-refractivity contribution in [2.24, 2.45) is 0 Å². The molecule has 0 saturated heterocycles. The zero-order valence-electron chi connectivity index (χ0n) is 17.1. The molecule has 0 aromatic carbocycles. The number of carbonyl (C=O) groups excluding carboxylic acids is 2. The Kier molecular flexibility index (Phi) is 5.54.